The standard InChI is InChI=1S/C21H22N4O4/c1-22-7-6-14-2-3-15(9-19(14)22)20(26)23-10-13-8-16(12-23)17-4-5-18(25(28)29)21(27)24(17)11-13/h2-7,9,13,16,25,28H,8,10-12H2,1H3/t13-,16-/m0/s1. The molecule has 1 amide bonds. The number of aryl methyl sites for hydroxylation is 1. The highest BCUT2D eigenvalue weighted by Crippen LogP contribution is 2.36. The molecule has 1 aromatic carbocycles. The van der Waals surface area contributed by atoms with E-state index in [1.807, 2.05) is 47.0 Å². The first-order chi connectivity index (χ1) is 13.9. The molecule has 2 aliphatic rings. The van der Waals surface area contributed by atoms with Gasteiger partial charge in [0.2, 0.25) is 5.69 Å². The van der Waals surface area contributed by atoms with Crippen LogP contribution in [0.1, 0.15) is 28.4 Å². The molecule has 0 spiro atoms. The molecule has 29 heavy (non-hydrogen) atoms. The lowest BCUT2D eigenvalue weighted by Gasteiger charge is -2.42. The van der Waals surface area contributed by atoms with E-state index in [1.54, 1.807) is 10.6 Å². The van der Waals surface area contributed by atoms with Crippen molar-refractivity contribution in [2.75, 3.05) is 13.1 Å². The van der Waals surface area contributed by atoms with E-state index in [-0.39, 0.29) is 23.4 Å². The van der Waals surface area contributed by atoms with Crippen LogP contribution in [0.25, 0.3) is 10.9 Å². The molecule has 0 radical (unpaired) electrons. The number of benzene rings is 1. The number of likely N-dealkylation sites (tertiary alicyclic amines) is 1. The second kappa shape index (κ2) is 6.55. The second-order valence-corrected chi connectivity index (χ2v) is 8.10. The van der Waals surface area contributed by atoms with Crippen molar-refractivity contribution in [1.82, 2.24) is 14.0 Å². The van der Waals surface area contributed by atoms with E-state index in [1.165, 1.54) is 6.07 Å². The second-order valence-electron chi connectivity index (χ2n) is 8.10. The van der Waals surface area contributed by atoms with E-state index in [4.69, 9.17) is 0 Å². The number of piperidine rings is 1. The van der Waals surface area contributed by atoms with E-state index in [0.717, 1.165) is 23.0 Å². The Morgan fingerprint density at radius 2 is 2.00 bits per heavy atom. The molecule has 1 fully saturated rings. The zero-order valence-electron chi connectivity index (χ0n) is 16.0. The molecule has 0 aliphatic carbocycles. The van der Waals surface area contributed by atoms with Crippen LogP contribution in [0.3, 0.4) is 0 Å². The number of nitrogens with zero attached hydrogens (tertiary/aromatic N) is 3. The number of carbonyl (C=O) groups excluding carboxylic acids is 1. The summed E-state index contributed by atoms with van der Waals surface area (Å²) in [6, 6.07) is 10.9. The van der Waals surface area contributed by atoms with Crippen LogP contribution in [0.5, 0.6) is 0 Å². The predicted octanol–water partition coefficient (Wildman–Crippen LogP) is 1.00. The molecule has 3 atom stereocenters. The molecule has 1 saturated heterocycles. The van der Waals surface area contributed by atoms with Gasteiger partial charge in [0.15, 0.2) is 0 Å². The molecule has 3 aromatic rings. The van der Waals surface area contributed by atoms with Gasteiger partial charge in [0.1, 0.15) is 0 Å². The van der Waals surface area contributed by atoms with Crippen molar-refractivity contribution >= 4 is 22.5 Å². The molecule has 2 aliphatic heterocycles. The fraction of sp³-hybridized carbons (Fsp3) is 0.333. The van der Waals surface area contributed by atoms with Crippen LogP contribution in [-0.2, 0) is 13.6 Å². The molecule has 150 valence electrons. The first-order valence-corrected chi connectivity index (χ1v) is 9.74. The van der Waals surface area contributed by atoms with Gasteiger partial charge in [-0.3, -0.25) is 9.59 Å². The lowest BCUT2D eigenvalue weighted by molar-refractivity contribution is -0.992. The maximum absolute atomic E-state index is 13.2. The van der Waals surface area contributed by atoms with Crippen LogP contribution in [0.4, 0.5) is 5.69 Å². The van der Waals surface area contributed by atoms with E-state index in [0.29, 0.717) is 25.2 Å². The number of pyridine rings is 1. The monoisotopic (exact) mass is 394 g/mol. The molecular formula is C21H22N4O4. The summed E-state index contributed by atoms with van der Waals surface area (Å²) in [6.45, 7) is 1.56. The summed E-state index contributed by atoms with van der Waals surface area (Å²) in [6.07, 6.45) is 2.89. The maximum atomic E-state index is 13.2. The summed E-state index contributed by atoms with van der Waals surface area (Å²) in [5.74, 6) is 0.187. The number of quaternary nitrogens is 1. The zero-order chi connectivity index (χ0) is 20.3. The highest BCUT2D eigenvalue weighted by atomic mass is 16.8. The molecular weight excluding hydrogens is 372 g/mol. The number of carbonyl (C=O) groups is 1. The van der Waals surface area contributed by atoms with Gasteiger partial charge in [0, 0.05) is 61.6 Å². The lowest BCUT2D eigenvalue weighted by Crippen LogP contribution is -3.00. The molecule has 8 nitrogen and oxygen atoms in total. The minimum atomic E-state index is -1.20. The smallest absolute Gasteiger partial charge is 0.315 e. The number of hydrogen-bond acceptors (Lipinski definition) is 4. The van der Waals surface area contributed by atoms with Crippen LogP contribution in [-0.4, -0.2) is 38.2 Å². The van der Waals surface area contributed by atoms with Crippen molar-refractivity contribution in [3.63, 3.8) is 0 Å². The number of hydrogen-bond donors (Lipinski definition) is 2. The van der Waals surface area contributed by atoms with E-state index in [9.17, 15) is 20.0 Å². The van der Waals surface area contributed by atoms with Gasteiger partial charge in [-0.1, -0.05) is 6.07 Å². The Labute approximate surface area is 166 Å². The number of nitrogens with one attached hydrogen (secondary N) is 1. The van der Waals surface area contributed by atoms with Crippen molar-refractivity contribution in [2.24, 2.45) is 13.0 Å². The summed E-state index contributed by atoms with van der Waals surface area (Å²) >= 11 is 0. The van der Waals surface area contributed by atoms with Crippen molar-refractivity contribution < 1.29 is 15.2 Å². The van der Waals surface area contributed by atoms with Crippen LogP contribution in [0.2, 0.25) is 0 Å². The van der Waals surface area contributed by atoms with Gasteiger partial charge in [-0.2, -0.15) is 5.23 Å². The molecule has 0 saturated carbocycles. The van der Waals surface area contributed by atoms with Crippen molar-refractivity contribution in [2.45, 2.75) is 18.9 Å². The minimum absolute atomic E-state index is 0.000697. The van der Waals surface area contributed by atoms with E-state index in [2.05, 4.69) is 0 Å². The van der Waals surface area contributed by atoms with Gasteiger partial charge in [-0.05, 0) is 42.0 Å². The van der Waals surface area contributed by atoms with E-state index < -0.39 is 10.8 Å². The SMILES string of the molecule is Cn1ccc2ccc(C(=O)N3C[C@@H]4C[C@@H](C3)c3ccc([NH+]([O-])O)c(=O)n3C4)cc21. The van der Waals surface area contributed by atoms with Crippen LogP contribution < -0.4 is 10.8 Å². The summed E-state index contributed by atoms with van der Waals surface area (Å²) in [7, 11) is 1.96. The average molecular weight is 394 g/mol. The largest absolute Gasteiger partial charge is 0.595 e. The Balaban J connectivity index is 1.45. The van der Waals surface area contributed by atoms with Crippen LogP contribution >= 0.6 is 0 Å². The highest BCUT2D eigenvalue weighted by Gasteiger charge is 2.37. The third-order valence-corrected chi connectivity index (χ3v) is 6.26. The topological polar surface area (TPSA) is 95.0 Å². The van der Waals surface area contributed by atoms with Crippen molar-refractivity contribution in [3.8, 4) is 0 Å². The van der Waals surface area contributed by atoms with Gasteiger partial charge in [-0.25, -0.2) is 5.21 Å². The van der Waals surface area contributed by atoms with Crippen LogP contribution in [0.15, 0.2) is 47.4 Å². The van der Waals surface area contributed by atoms with Crippen LogP contribution in [0, 0.1) is 11.1 Å². The molecule has 2 N–H and O–H groups in total. The van der Waals surface area contributed by atoms with Gasteiger partial charge in [-0.15, -0.1) is 0 Å². The molecule has 1 unspecified atom stereocenters. The molecule has 5 rings (SSSR count). The molecule has 2 aromatic heterocycles. The Morgan fingerprint density at radius 1 is 1.17 bits per heavy atom. The third-order valence-electron chi connectivity index (χ3n) is 6.26. The van der Waals surface area contributed by atoms with Gasteiger partial charge >= 0.3 is 5.56 Å². The molecule has 4 heterocycles. The Hall–Kier alpha value is -2.94. The van der Waals surface area contributed by atoms with Gasteiger partial charge in [0.05, 0.1) is 0 Å². The Kier molecular flexibility index (Phi) is 4.09. The van der Waals surface area contributed by atoms with Gasteiger partial charge in [0.25, 0.3) is 5.91 Å². The quantitative estimate of drug-likeness (QED) is 0.634. The summed E-state index contributed by atoms with van der Waals surface area (Å²) < 4.78 is 3.60. The fourth-order valence-corrected chi connectivity index (χ4v) is 4.85. The summed E-state index contributed by atoms with van der Waals surface area (Å²) in [4.78, 5) is 27.6. The average Bonchev–Trinajstić information content (AvgIpc) is 3.08. The van der Waals surface area contributed by atoms with Gasteiger partial charge < -0.3 is 19.2 Å². The lowest BCUT2D eigenvalue weighted by atomic mass is 9.83. The highest BCUT2D eigenvalue weighted by molar-refractivity contribution is 5.98. The number of rotatable bonds is 2. The normalized spacial score (nSPS) is 21.8. The number of amides is 1. The molecule has 8 heteroatoms. The van der Waals surface area contributed by atoms with E-state index >= 15 is 0 Å². The Bertz CT molecular complexity index is 1180. The number of fused-ring (bicyclic) bond motifs is 5. The maximum Gasteiger partial charge on any atom is 0.315 e. The first kappa shape index (κ1) is 18.1. The third kappa shape index (κ3) is 2.88. The minimum Gasteiger partial charge on any atom is -0.595 e. The Morgan fingerprint density at radius 3 is 2.79 bits per heavy atom. The predicted molar refractivity (Wildman–Crippen MR) is 106 cm³/mol. The summed E-state index contributed by atoms with van der Waals surface area (Å²) in [5, 5.41) is 20.4. The van der Waals surface area contributed by atoms with Crippen molar-refractivity contribution in [3.05, 3.63) is 69.4 Å². The fourth-order valence-electron chi connectivity index (χ4n) is 4.85. The first-order valence-electron chi connectivity index (χ1n) is 9.74. The molecule has 2 bridgehead atoms. The number of aromatic nitrogens is 2. The summed E-state index contributed by atoms with van der Waals surface area (Å²) in [5.41, 5.74) is 1.87. The zero-order valence-corrected chi connectivity index (χ0v) is 16.0. The van der Waals surface area contributed by atoms with Crippen molar-refractivity contribution in [1.29, 1.82) is 0 Å².